The zero-order chi connectivity index (χ0) is 24.5. The van der Waals surface area contributed by atoms with E-state index >= 15 is 0 Å². The van der Waals surface area contributed by atoms with Crippen molar-refractivity contribution in [1.29, 1.82) is 0 Å². The second-order valence-electron chi connectivity index (χ2n) is 10.4. The summed E-state index contributed by atoms with van der Waals surface area (Å²) in [6, 6.07) is 7.97. The molecule has 6 nitrogen and oxygen atoms in total. The van der Waals surface area contributed by atoms with E-state index in [0.717, 1.165) is 89.1 Å². The van der Waals surface area contributed by atoms with Gasteiger partial charge in [0.25, 0.3) is 0 Å². The zero-order valence-electron chi connectivity index (χ0n) is 21.5. The number of carbonyl (C=O) groups excluding carboxylic acids is 2. The van der Waals surface area contributed by atoms with E-state index in [1.54, 1.807) is 7.11 Å². The molecule has 0 unspecified atom stereocenters. The fourth-order valence-electron chi connectivity index (χ4n) is 5.90. The Bertz CT molecular complexity index is 850. The first kappa shape index (κ1) is 25.7. The van der Waals surface area contributed by atoms with Crippen LogP contribution in [0.25, 0.3) is 6.08 Å². The molecular weight excluding hydrogens is 438 g/mol. The summed E-state index contributed by atoms with van der Waals surface area (Å²) in [7, 11) is 1.69. The Balaban J connectivity index is 1.31. The van der Waals surface area contributed by atoms with Gasteiger partial charge in [0.1, 0.15) is 5.75 Å². The van der Waals surface area contributed by atoms with Crippen molar-refractivity contribution in [1.82, 2.24) is 14.7 Å². The Labute approximate surface area is 211 Å². The van der Waals surface area contributed by atoms with E-state index in [1.807, 2.05) is 24.3 Å². The third-order valence-electron chi connectivity index (χ3n) is 8.10. The fourth-order valence-corrected chi connectivity index (χ4v) is 5.90. The second kappa shape index (κ2) is 13.1. The fraction of sp³-hybridized carbons (Fsp3) is 0.655. The van der Waals surface area contributed by atoms with E-state index < -0.39 is 0 Å². The number of hydrogen-bond acceptors (Lipinski definition) is 4. The van der Waals surface area contributed by atoms with Gasteiger partial charge < -0.3 is 14.5 Å². The van der Waals surface area contributed by atoms with Crippen LogP contribution in [-0.2, 0) is 9.59 Å². The number of hydrogen-bond donors (Lipinski definition) is 0. The predicted molar refractivity (Wildman–Crippen MR) is 140 cm³/mol. The van der Waals surface area contributed by atoms with Crippen LogP contribution in [0, 0.1) is 11.8 Å². The molecule has 2 saturated carbocycles. The van der Waals surface area contributed by atoms with Crippen molar-refractivity contribution in [3.63, 3.8) is 0 Å². The minimum absolute atomic E-state index is 0.171. The third-order valence-corrected chi connectivity index (χ3v) is 8.10. The van der Waals surface area contributed by atoms with Crippen molar-refractivity contribution >= 4 is 17.9 Å². The Morgan fingerprint density at radius 1 is 0.943 bits per heavy atom. The largest absolute Gasteiger partial charge is 0.496 e. The molecule has 1 heterocycles. The molecule has 192 valence electrons. The van der Waals surface area contributed by atoms with Gasteiger partial charge in [-0.25, -0.2) is 0 Å². The van der Waals surface area contributed by atoms with Crippen LogP contribution in [0.2, 0.25) is 0 Å². The molecule has 2 amide bonds. The first-order valence-electron chi connectivity index (χ1n) is 13.7. The lowest BCUT2D eigenvalue weighted by Gasteiger charge is -2.37. The van der Waals surface area contributed by atoms with Gasteiger partial charge in [-0.05, 0) is 31.7 Å². The number of benzene rings is 1. The maximum atomic E-state index is 13.4. The van der Waals surface area contributed by atoms with Gasteiger partial charge in [0.15, 0.2) is 0 Å². The van der Waals surface area contributed by atoms with Gasteiger partial charge in [-0.3, -0.25) is 14.5 Å². The smallest absolute Gasteiger partial charge is 0.226 e. The van der Waals surface area contributed by atoms with Gasteiger partial charge in [-0.1, -0.05) is 62.5 Å². The van der Waals surface area contributed by atoms with Crippen LogP contribution in [-0.4, -0.2) is 79.4 Å². The molecule has 0 aromatic heterocycles. The predicted octanol–water partition coefficient (Wildman–Crippen LogP) is 4.45. The Morgan fingerprint density at radius 2 is 1.60 bits per heavy atom. The molecule has 3 aliphatic rings. The van der Waals surface area contributed by atoms with Crippen molar-refractivity contribution in [3.8, 4) is 5.75 Å². The highest BCUT2D eigenvalue weighted by Crippen LogP contribution is 2.27. The Kier molecular flexibility index (Phi) is 9.64. The summed E-state index contributed by atoms with van der Waals surface area (Å²) in [6.07, 6.45) is 14.3. The molecule has 4 rings (SSSR count). The molecule has 2 aliphatic carbocycles. The quantitative estimate of drug-likeness (QED) is 0.523. The standard InChI is InChI=1S/C29H43N3O3/c1-35-27-16-8-7-10-24(27)15-9-17-31(28(33)25-11-3-2-4-12-25)21-18-30-19-22-32(23-20-30)29(34)26-13-5-6-14-26/h7-10,15-16,25-26H,2-6,11-14,17-23H2,1H3. The molecule has 0 bridgehead atoms. The Hall–Kier alpha value is -2.34. The number of nitrogens with zero attached hydrogens (tertiary/aromatic N) is 3. The van der Waals surface area contributed by atoms with Gasteiger partial charge in [0, 0.05) is 63.2 Å². The summed E-state index contributed by atoms with van der Waals surface area (Å²) in [5.41, 5.74) is 1.03. The number of para-hydroxylation sites is 1. The van der Waals surface area contributed by atoms with Gasteiger partial charge in [-0.2, -0.15) is 0 Å². The molecule has 1 aliphatic heterocycles. The van der Waals surface area contributed by atoms with Crippen molar-refractivity contribution in [2.75, 3.05) is 52.9 Å². The van der Waals surface area contributed by atoms with E-state index in [-0.39, 0.29) is 11.8 Å². The molecule has 35 heavy (non-hydrogen) atoms. The summed E-state index contributed by atoms with van der Waals surface area (Å²) >= 11 is 0. The highest BCUT2D eigenvalue weighted by Gasteiger charge is 2.30. The lowest BCUT2D eigenvalue weighted by Crippen LogP contribution is -2.52. The van der Waals surface area contributed by atoms with E-state index in [4.69, 9.17) is 4.74 Å². The average Bonchev–Trinajstić information content (AvgIpc) is 3.46. The first-order valence-corrected chi connectivity index (χ1v) is 13.7. The number of rotatable bonds is 9. The molecule has 3 fully saturated rings. The monoisotopic (exact) mass is 481 g/mol. The normalized spacial score (nSPS) is 20.4. The molecule has 1 aromatic rings. The van der Waals surface area contributed by atoms with Gasteiger partial charge in [-0.15, -0.1) is 0 Å². The van der Waals surface area contributed by atoms with E-state index in [2.05, 4.69) is 26.9 Å². The number of methoxy groups -OCH3 is 1. The molecule has 0 atom stereocenters. The minimum atomic E-state index is 0.171. The summed E-state index contributed by atoms with van der Waals surface area (Å²) in [6.45, 7) is 5.67. The van der Waals surface area contributed by atoms with E-state index in [0.29, 0.717) is 18.4 Å². The first-order chi connectivity index (χ1) is 17.2. The van der Waals surface area contributed by atoms with Crippen LogP contribution < -0.4 is 4.74 Å². The van der Waals surface area contributed by atoms with Crippen molar-refractivity contribution < 1.29 is 14.3 Å². The molecule has 1 aromatic carbocycles. The van der Waals surface area contributed by atoms with Crippen LogP contribution in [0.3, 0.4) is 0 Å². The lowest BCUT2D eigenvalue weighted by molar-refractivity contribution is -0.137. The van der Waals surface area contributed by atoms with Gasteiger partial charge in [0.2, 0.25) is 11.8 Å². The summed E-state index contributed by atoms with van der Waals surface area (Å²) in [5, 5.41) is 0. The highest BCUT2D eigenvalue weighted by molar-refractivity contribution is 5.79. The molecule has 6 heteroatoms. The maximum Gasteiger partial charge on any atom is 0.226 e. The number of ether oxygens (including phenoxy) is 1. The van der Waals surface area contributed by atoms with Crippen LogP contribution in [0.15, 0.2) is 30.3 Å². The number of piperazine rings is 1. The lowest BCUT2D eigenvalue weighted by atomic mass is 9.88. The van der Waals surface area contributed by atoms with Crippen molar-refractivity contribution in [3.05, 3.63) is 35.9 Å². The third kappa shape index (κ3) is 7.09. The molecule has 1 saturated heterocycles. The van der Waals surface area contributed by atoms with Gasteiger partial charge in [0.05, 0.1) is 7.11 Å². The second-order valence-corrected chi connectivity index (χ2v) is 10.4. The van der Waals surface area contributed by atoms with E-state index in [9.17, 15) is 9.59 Å². The van der Waals surface area contributed by atoms with E-state index in [1.165, 1.54) is 19.3 Å². The molecule has 0 N–H and O–H groups in total. The summed E-state index contributed by atoms with van der Waals surface area (Å²) in [4.78, 5) is 32.7. The van der Waals surface area contributed by atoms with Crippen LogP contribution >= 0.6 is 0 Å². The molecule has 0 spiro atoms. The molecular formula is C29H43N3O3. The highest BCUT2D eigenvalue weighted by atomic mass is 16.5. The summed E-state index contributed by atoms with van der Waals surface area (Å²) in [5.74, 6) is 1.96. The minimum Gasteiger partial charge on any atom is -0.496 e. The topological polar surface area (TPSA) is 53.1 Å². The van der Waals surface area contributed by atoms with Crippen LogP contribution in [0.4, 0.5) is 0 Å². The average molecular weight is 482 g/mol. The molecule has 0 radical (unpaired) electrons. The van der Waals surface area contributed by atoms with Gasteiger partial charge >= 0.3 is 0 Å². The van der Waals surface area contributed by atoms with Crippen LogP contribution in [0.5, 0.6) is 5.75 Å². The number of carbonyl (C=O) groups is 2. The SMILES string of the molecule is COc1ccccc1C=CCN(CCN1CCN(C(=O)C2CCCC2)CC1)C(=O)C1CCCCC1. The zero-order valence-corrected chi connectivity index (χ0v) is 21.5. The van der Waals surface area contributed by atoms with Crippen molar-refractivity contribution in [2.24, 2.45) is 11.8 Å². The number of amides is 2. The maximum absolute atomic E-state index is 13.4. The van der Waals surface area contributed by atoms with Crippen LogP contribution in [0.1, 0.15) is 63.4 Å². The Morgan fingerprint density at radius 3 is 2.31 bits per heavy atom. The summed E-state index contributed by atoms with van der Waals surface area (Å²) < 4.78 is 5.46. The van der Waals surface area contributed by atoms with Crippen molar-refractivity contribution in [2.45, 2.75) is 57.8 Å².